The lowest BCUT2D eigenvalue weighted by molar-refractivity contribution is -0.152. The van der Waals surface area contributed by atoms with Crippen molar-refractivity contribution in [3.8, 4) is 0 Å². The number of esters is 1. The summed E-state index contributed by atoms with van der Waals surface area (Å²) in [5, 5.41) is 7.21. The molecule has 0 aliphatic rings. The largest absolute Gasteiger partial charge is 0.451 e. The fraction of sp³-hybridized carbons (Fsp3) is 0.208. The van der Waals surface area contributed by atoms with Crippen LogP contribution >= 0.6 is 0 Å². The van der Waals surface area contributed by atoms with Gasteiger partial charge in [-0.15, -0.1) is 0 Å². The van der Waals surface area contributed by atoms with Gasteiger partial charge in [-0.3, -0.25) is 14.4 Å². The van der Waals surface area contributed by atoms with E-state index in [2.05, 4.69) is 10.6 Å². The third-order valence-electron chi connectivity index (χ3n) is 4.60. The summed E-state index contributed by atoms with van der Waals surface area (Å²) in [6, 6.07) is 18.7. The highest BCUT2D eigenvalue weighted by Gasteiger charge is 2.19. The summed E-state index contributed by atoms with van der Waals surface area (Å²) in [4.78, 5) is 36.8. The Kier molecular flexibility index (Phi) is 6.47. The number of carbonyl (C=O) groups excluding carboxylic acids is 3. The first-order chi connectivity index (χ1) is 14.3. The van der Waals surface area contributed by atoms with Crippen molar-refractivity contribution < 1.29 is 19.1 Å². The summed E-state index contributed by atoms with van der Waals surface area (Å²) >= 11 is 0. The van der Waals surface area contributed by atoms with Gasteiger partial charge >= 0.3 is 5.97 Å². The Morgan fingerprint density at radius 3 is 2.33 bits per heavy atom. The van der Waals surface area contributed by atoms with Crippen LogP contribution in [0.1, 0.15) is 28.4 Å². The molecule has 0 saturated heterocycles. The van der Waals surface area contributed by atoms with E-state index in [0.29, 0.717) is 11.3 Å². The van der Waals surface area contributed by atoms with Gasteiger partial charge in [-0.25, -0.2) is 0 Å². The maximum Gasteiger partial charge on any atom is 0.326 e. The van der Waals surface area contributed by atoms with E-state index < -0.39 is 18.0 Å². The molecule has 3 rings (SSSR count). The average Bonchev–Trinajstić information content (AvgIpc) is 2.71. The molecule has 0 aliphatic carbocycles. The first-order valence-electron chi connectivity index (χ1n) is 9.68. The zero-order valence-electron chi connectivity index (χ0n) is 17.2. The molecule has 6 nitrogen and oxygen atoms in total. The zero-order valence-corrected chi connectivity index (χ0v) is 17.2. The van der Waals surface area contributed by atoms with Crippen molar-refractivity contribution in [2.45, 2.75) is 26.9 Å². The number of rotatable bonds is 6. The Hall–Kier alpha value is -3.67. The van der Waals surface area contributed by atoms with Crippen LogP contribution in [0.2, 0.25) is 0 Å². The van der Waals surface area contributed by atoms with Gasteiger partial charge < -0.3 is 15.4 Å². The van der Waals surface area contributed by atoms with Gasteiger partial charge in [0.1, 0.15) is 6.54 Å². The van der Waals surface area contributed by atoms with Crippen LogP contribution in [0.3, 0.4) is 0 Å². The number of hydrogen-bond acceptors (Lipinski definition) is 4. The second-order valence-electron chi connectivity index (χ2n) is 7.21. The summed E-state index contributed by atoms with van der Waals surface area (Å²) in [7, 11) is 0. The fourth-order valence-corrected chi connectivity index (χ4v) is 3.22. The Balaban J connectivity index is 1.54. The molecule has 2 amide bonds. The fourth-order valence-electron chi connectivity index (χ4n) is 3.22. The number of fused-ring (bicyclic) bond motifs is 1. The van der Waals surface area contributed by atoms with Crippen molar-refractivity contribution in [3.63, 3.8) is 0 Å². The molecule has 0 heterocycles. The van der Waals surface area contributed by atoms with Gasteiger partial charge in [-0.05, 0) is 44.4 Å². The number of nitrogens with one attached hydrogen (secondary N) is 2. The Morgan fingerprint density at radius 1 is 0.933 bits per heavy atom. The van der Waals surface area contributed by atoms with Crippen LogP contribution in [0.15, 0.2) is 60.7 Å². The van der Waals surface area contributed by atoms with Crippen LogP contribution in [-0.4, -0.2) is 30.4 Å². The van der Waals surface area contributed by atoms with Gasteiger partial charge in [-0.1, -0.05) is 53.6 Å². The third kappa shape index (κ3) is 5.23. The van der Waals surface area contributed by atoms with Crippen molar-refractivity contribution in [2.24, 2.45) is 0 Å². The molecule has 0 aliphatic heterocycles. The molecule has 3 aromatic rings. The number of ether oxygens (including phenoxy) is 1. The van der Waals surface area contributed by atoms with Crippen LogP contribution in [0.25, 0.3) is 10.8 Å². The lowest BCUT2D eigenvalue weighted by Crippen LogP contribution is -2.35. The smallest absolute Gasteiger partial charge is 0.326 e. The normalized spacial score (nSPS) is 11.6. The quantitative estimate of drug-likeness (QED) is 0.613. The van der Waals surface area contributed by atoms with Crippen molar-refractivity contribution >= 4 is 34.2 Å². The van der Waals surface area contributed by atoms with Crippen molar-refractivity contribution in [1.82, 2.24) is 5.32 Å². The van der Waals surface area contributed by atoms with Crippen molar-refractivity contribution in [2.75, 3.05) is 11.9 Å². The lowest BCUT2D eigenvalue weighted by Gasteiger charge is -2.15. The van der Waals surface area contributed by atoms with E-state index in [1.807, 2.05) is 56.3 Å². The molecule has 0 spiro atoms. The average molecular weight is 404 g/mol. The van der Waals surface area contributed by atoms with E-state index in [1.54, 1.807) is 18.2 Å². The van der Waals surface area contributed by atoms with E-state index in [4.69, 9.17) is 4.74 Å². The number of amides is 2. The Morgan fingerprint density at radius 2 is 1.60 bits per heavy atom. The van der Waals surface area contributed by atoms with Gasteiger partial charge in [0, 0.05) is 16.6 Å². The maximum atomic E-state index is 12.5. The highest BCUT2D eigenvalue weighted by Crippen LogP contribution is 2.23. The summed E-state index contributed by atoms with van der Waals surface area (Å²) in [5.74, 6) is -1.50. The van der Waals surface area contributed by atoms with Gasteiger partial charge in [-0.2, -0.15) is 0 Å². The number of benzene rings is 3. The minimum atomic E-state index is -1.01. The molecule has 6 heteroatoms. The van der Waals surface area contributed by atoms with Crippen LogP contribution in [-0.2, 0) is 14.3 Å². The predicted molar refractivity (Wildman–Crippen MR) is 116 cm³/mol. The summed E-state index contributed by atoms with van der Waals surface area (Å²) in [6.07, 6.45) is -1.01. The van der Waals surface area contributed by atoms with Gasteiger partial charge in [0.15, 0.2) is 6.10 Å². The minimum absolute atomic E-state index is 0.322. The van der Waals surface area contributed by atoms with Crippen LogP contribution in [0.4, 0.5) is 5.69 Å². The first kappa shape index (κ1) is 21.0. The van der Waals surface area contributed by atoms with Crippen LogP contribution < -0.4 is 10.6 Å². The molecule has 0 unspecified atom stereocenters. The predicted octanol–water partition coefficient (Wildman–Crippen LogP) is 3.76. The Labute approximate surface area is 175 Å². The van der Waals surface area contributed by atoms with E-state index in [9.17, 15) is 14.4 Å². The summed E-state index contributed by atoms with van der Waals surface area (Å²) in [6.45, 7) is 4.96. The second kappa shape index (κ2) is 9.22. The highest BCUT2D eigenvalue weighted by molar-refractivity contribution is 6.04. The van der Waals surface area contributed by atoms with E-state index >= 15 is 0 Å². The maximum absolute atomic E-state index is 12.5. The molecule has 0 radical (unpaired) electrons. The molecule has 2 N–H and O–H groups in total. The highest BCUT2D eigenvalue weighted by atomic mass is 16.5. The van der Waals surface area contributed by atoms with E-state index in [0.717, 1.165) is 21.9 Å². The molecule has 0 fully saturated rings. The number of carbonyl (C=O) groups is 3. The monoisotopic (exact) mass is 404 g/mol. The molecular weight excluding hydrogens is 380 g/mol. The molecule has 30 heavy (non-hydrogen) atoms. The number of anilines is 1. The Bertz CT molecular complexity index is 1080. The molecule has 0 aromatic heterocycles. The van der Waals surface area contributed by atoms with E-state index in [-0.39, 0.29) is 12.5 Å². The van der Waals surface area contributed by atoms with E-state index in [1.165, 1.54) is 6.92 Å². The molecule has 3 aromatic carbocycles. The van der Waals surface area contributed by atoms with Crippen molar-refractivity contribution in [1.29, 1.82) is 0 Å². The molecule has 1 atom stereocenters. The lowest BCUT2D eigenvalue weighted by atomic mass is 10.1. The summed E-state index contributed by atoms with van der Waals surface area (Å²) < 4.78 is 5.16. The van der Waals surface area contributed by atoms with Crippen molar-refractivity contribution in [3.05, 3.63) is 77.4 Å². The number of aryl methyl sites for hydroxylation is 2. The number of hydrogen-bond donors (Lipinski definition) is 2. The minimum Gasteiger partial charge on any atom is -0.451 e. The van der Waals surface area contributed by atoms with Crippen LogP contribution in [0, 0.1) is 13.8 Å². The topological polar surface area (TPSA) is 84.5 Å². The third-order valence-corrected chi connectivity index (χ3v) is 4.60. The first-order valence-corrected chi connectivity index (χ1v) is 9.68. The second-order valence-corrected chi connectivity index (χ2v) is 7.21. The van der Waals surface area contributed by atoms with Gasteiger partial charge in [0.05, 0.1) is 0 Å². The molecule has 0 saturated carbocycles. The molecular formula is C24H24N2O4. The molecule has 0 bridgehead atoms. The van der Waals surface area contributed by atoms with Gasteiger partial charge in [0.25, 0.3) is 11.8 Å². The van der Waals surface area contributed by atoms with Gasteiger partial charge in [0.2, 0.25) is 0 Å². The standard InChI is InChI=1S/C24H24N2O4/c1-15-11-16(2)13-19(12-15)24(29)25-14-22(27)30-17(3)23(28)26-21-10-6-8-18-7-4-5-9-20(18)21/h4-13,17H,14H2,1-3H3,(H,25,29)(H,26,28)/t17-/m1/s1. The molecule has 154 valence electrons. The SMILES string of the molecule is Cc1cc(C)cc(C(=O)NCC(=O)O[C@H](C)C(=O)Nc2cccc3ccccc23)c1. The van der Waals surface area contributed by atoms with Crippen LogP contribution in [0.5, 0.6) is 0 Å². The summed E-state index contributed by atoms with van der Waals surface area (Å²) in [5.41, 5.74) is 3.04. The zero-order chi connectivity index (χ0) is 21.7.